The second-order valence-corrected chi connectivity index (χ2v) is 9.71. The van der Waals surface area contributed by atoms with E-state index in [9.17, 15) is 9.35 Å². The third-order valence-corrected chi connectivity index (χ3v) is 6.16. The number of carbonyl (C=O) groups excluding carboxylic acids is 1. The standard InChI is InChI=1S/C19H23NO2S2/c1-14-9-10-18(23-17-8-6-5-7-15(17)13-21)16(11-14)12-20-24(22)19(2,3)4/h5-11,13,20H,12H2,1-4H3. The number of hydrogen-bond donors (Lipinski definition) is 1. The van der Waals surface area contributed by atoms with Crippen molar-refractivity contribution in [3.63, 3.8) is 0 Å². The van der Waals surface area contributed by atoms with Crippen LogP contribution in [0.15, 0.2) is 52.3 Å². The van der Waals surface area contributed by atoms with E-state index in [1.165, 1.54) is 0 Å². The minimum atomic E-state index is -1.12. The minimum Gasteiger partial charge on any atom is -0.598 e. The van der Waals surface area contributed by atoms with E-state index in [-0.39, 0.29) is 4.75 Å². The number of benzene rings is 2. The molecule has 1 N–H and O–H groups in total. The zero-order valence-corrected chi connectivity index (χ0v) is 16.1. The smallest absolute Gasteiger partial charge is 0.151 e. The third kappa shape index (κ3) is 5.11. The molecule has 1 unspecified atom stereocenters. The third-order valence-electron chi connectivity index (χ3n) is 3.43. The first-order valence-electron chi connectivity index (χ1n) is 7.78. The monoisotopic (exact) mass is 361 g/mol. The second kappa shape index (κ2) is 8.21. The lowest BCUT2D eigenvalue weighted by molar-refractivity contribution is 0.112. The summed E-state index contributed by atoms with van der Waals surface area (Å²) in [6, 6.07) is 13.7. The van der Waals surface area contributed by atoms with Crippen molar-refractivity contribution in [2.24, 2.45) is 0 Å². The lowest BCUT2D eigenvalue weighted by Gasteiger charge is -2.24. The van der Waals surface area contributed by atoms with E-state index in [0.29, 0.717) is 12.1 Å². The molecule has 0 fully saturated rings. The molecule has 0 bridgehead atoms. The molecule has 0 saturated carbocycles. The zero-order valence-electron chi connectivity index (χ0n) is 14.5. The van der Waals surface area contributed by atoms with Crippen molar-refractivity contribution >= 4 is 29.4 Å². The van der Waals surface area contributed by atoms with Crippen LogP contribution in [-0.2, 0) is 17.9 Å². The van der Waals surface area contributed by atoms with Gasteiger partial charge in [0, 0.05) is 26.7 Å². The van der Waals surface area contributed by atoms with Gasteiger partial charge >= 0.3 is 0 Å². The molecular formula is C19H23NO2S2. The summed E-state index contributed by atoms with van der Waals surface area (Å²) < 4.78 is 15.0. The van der Waals surface area contributed by atoms with Gasteiger partial charge in [0.1, 0.15) is 4.75 Å². The maximum absolute atomic E-state index is 12.2. The van der Waals surface area contributed by atoms with Crippen LogP contribution in [0.4, 0.5) is 0 Å². The molecule has 0 aliphatic carbocycles. The first-order valence-corrected chi connectivity index (χ1v) is 9.75. The van der Waals surface area contributed by atoms with Gasteiger partial charge in [0.15, 0.2) is 6.29 Å². The highest BCUT2D eigenvalue weighted by Crippen LogP contribution is 2.33. The highest BCUT2D eigenvalue weighted by Gasteiger charge is 2.26. The van der Waals surface area contributed by atoms with E-state index in [2.05, 4.69) is 22.9 Å². The van der Waals surface area contributed by atoms with E-state index in [1.54, 1.807) is 11.8 Å². The largest absolute Gasteiger partial charge is 0.598 e. The van der Waals surface area contributed by atoms with Crippen molar-refractivity contribution < 1.29 is 9.35 Å². The molecule has 0 aromatic heterocycles. The number of hydrogen-bond acceptors (Lipinski definition) is 4. The van der Waals surface area contributed by atoms with Gasteiger partial charge in [-0.3, -0.25) is 4.79 Å². The summed E-state index contributed by atoms with van der Waals surface area (Å²) >= 11 is 0.442. The molecule has 0 saturated heterocycles. The van der Waals surface area contributed by atoms with Crippen molar-refractivity contribution in [2.45, 2.75) is 48.8 Å². The van der Waals surface area contributed by atoms with Crippen LogP contribution in [0, 0.1) is 6.92 Å². The molecule has 5 heteroatoms. The maximum Gasteiger partial charge on any atom is 0.151 e. The second-order valence-electron chi connectivity index (χ2n) is 6.57. The highest BCUT2D eigenvalue weighted by molar-refractivity contribution is 7.99. The van der Waals surface area contributed by atoms with Crippen LogP contribution in [0.1, 0.15) is 42.3 Å². The number of aldehydes is 1. The first-order chi connectivity index (χ1) is 11.3. The molecule has 2 aromatic carbocycles. The van der Waals surface area contributed by atoms with Crippen molar-refractivity contribution in [3.05, 3.63) is 59.2 Å². The van der Waals surface area contributed by atoms with Crippen LogP contribution in [0.25, 0.3) is 0 Å². The van der Waals surface area contributed by atoms with Gasteiger partial charge in [-0.25, -0.2) is 0 Å². The molecule has 0 amide bonds. The fraction of sp³-hybridized carbons (Fsp3) is 0.316. The number of aryl methyl sites for hydroxylation is 1. The summed E-state index contributed by atoms with van der Waals surface area (Å²) in [5.74, 6) is 0. The fourth-order valence-corrected chi connectivity index (χ4v) is 3.83. The number of nitrogens with one attached hydrogen (secondary N) is 1. The van der Waals surface area contributed by atoms with Crippen molar-refractivity contribution in [1.82, 2.24) is 4.72 Å². The van der Waals surface area contributed by atoms with Gasteiger partial charge in [0.25, 0.3) is 0 Å². The summed E-state index contributed by atoms with van der Waals surface area (Å²) in [6.45, 7) is 8.40. The summed E-state index contributed by atoms with van der Waals surface area (Å²) in [5, 5.41) is 0. The first kappa shape index (κ1) is 19.1. The maximum atomic E-state index is 12.2. The van der Waals surface area contributed by atoms with Crippen LogP contribution >= 0.6 is 11.8 Å². The van der Waals surface area contributed by atoms with Crippen molar-refractivity contribution in [3.8, 4) is 0 Å². The Balaban J connectivity index is 2.23. The van der Waals surface area contributed by atoms with Gasteiger partial charge in [0.05, 0.1) is 6.54 Å². The lowest BCUT2D eigenvalue weighted by atomic mass is 10.1. The molecule has 1 atom stereocenters. The van der Waals surface area contributed by atoms with Gasteiger partial charge in [-0.2, -0.15) is 0 Å². The van der Waals surface area contributed by atoms with Crippen LogP contribution in [0.3, 0.4) is 0 Å². The molecular weight excluding hydrogens is 338 g/mol. The molecule has 2 rings (SSSR count). The normalized spacial score (nSPS) is 12.9. The predicted molar refractivity (Wildman–Crippen MR) is 102 cm³/mol. The summed E-state index contributed by atoms with van der Waals surface area (Å²) in [7, 11) is 0. The molecule has 0 aliphatic heterocycles. The SMILES string of the molecule is Cc1ccc(Sc2ccccc2C=O)c(CN[S+]([O-])C(C)(C)C)c1. The Kier molecular flexibility index (Phi) is 6.52. The average Bonchev–Trinajstić information content (AvgIpc) is 2.54. The Morgan fingerprint density at radius 3 is 2.54 bits per heavy atom. The number of carbonyl (C=O) groups is 1. The van der Waals surface area contributed by atoms with E-state index in [1.807, 2.05) is 52.0 Å². The minimum absolute atomic E-state index is 0.304. The summed E-state index contributed by atoms with van der Waals surface area (Å²) in [4.78, 5) is 13.2. The van der Waals surface area contributed by atoms with E-state index >= 15 is 0 Å². The highest BCUT2D eigenvalue weighted by atomic mass is 32.2. The van der Waals surface area contributed by atoms with E-state index in [4.69, 9.17) is 0 Å². The number of rotatable bonds is 6. The predicted octanol–water partition coefficient (Wildman–Crippen LogP) is 4.51. The molecule has 24 heavy (non-hydrogen) atoms. The van der Waals surface area contributed by atoms with Crippen molar-refractivity contribution in [2.75, 3.05) is 0 Å². The Bertz CT molecular complexity index is 711. The van der Waals surface area contributed by atoms with Gasteiger partial charge in [0.2, 0.25) is 0 Å². The van der Waals surface area contributed by atoms with Gasteiger partial charge in [-0.15, -0.1) is 4.72 Å². The van der Waals surface area contributed by atoms with Gasteiger partial charge in [-0.05, 0) is 45.4 Å². The molecule has 2 aromatic rings. The average molecular weight is 362 g/mol. The Morgan fingerprint density at radius 1 is 1.17 bits per heavy atom. The Labute approximate surface area is 151 Å². The quantitative estimate of drug-likeness (QED) is 0.607. The summed E-state index contributed by atoms with van der Waals surface area (Å²) in [5.41, 5.74) is 2.92. The van der Waals surface area contributed by atoms with Crippen LogP contribution in [0.5, 0.6) is 0 Å². The Hall–Kier alpha value is -1.27. The molecule has 0 radical (unpaired) electrons. The molecule has 0 spiro atoms. The van der Waals surface area contributed by atoms with Crippen molar-refractivity contribution in [1.29, 1.82) is 0 Å². The van der Waals surface area contributed by atoms with E-state index < -0.39 is 11.4 Å². The van der Waals surface area contributed by atoms with Gasteiger partial charge in [-0.1, -0.05) is 47.7 Å². The van der Waals surface area contributed by atoms with Crippen LogP contribution in [0.2, 0.25) is 0 Å². The molecule has 3 nitrogen and oxygen atoms in total. The topological polar surface area (TPSA) is 52.2 Å². The summed E-state index contributed by atoms with van der Waals surface area (Å²) in [6.07, 6.45) is 0.878. The van der Waals surface area contributed by atoms with E-state index in [0.717, 1.165) is 27.2 Å². The molecule has 0 aliphatic rings. The fourth-order valence-electron chi connectivity index (χ4n) is 2.10. The Morgan fingerprint density at radius 2 is 1.88 bits per heavy atom. The van der Waals surface area contributed by atoms with Gasteiger partial charge < -0.3 is 4.55 Å². The van der Waals surface area contributed by atoms with Crippen LogP contribution < -0.4 is 4.72 Å². The zero-order chi connectivity index (χ0) is 17.7. The van der Waals surface area contributed by atoms with Crippen LogP contribution in [-0.4, -0.2) is 15.6 Å². The lowest BCUT2D eigenvalue weighted by Crippen LogP contribution is -2.39. The molecule has 128 valence electrons. The molecule has 0 heterocycles.